The standard InChI is InChI=1S/C14H24N2O2/c1-5-8(3)12-14(18)16(9(4)13(17)15-12)11-7-10(11)6-2/h8-12H,5-7H2,1-4H3,(H,15,17). The third kappa shape index (κ3) is 2.13. The SMILES string of the molecule is CCC(C)C1NC(=O)C(C)N(C2CC2CC)C1=O. The largest absolute Gasteiger partial charge is 0.342 e. The maximum atomic E-state index is 12.5. The number of piperazine rings is 1. The molecule has 2 fully saturated rings. The molecular weight excluding hydrogens is 228 g/mol. The van der Waals surface area contributed by atoms with Crippen molar-refractivity contribution in [3.8, 4) is 0 Å². The molecule has 0 aromatic heterocycles. The molecule has 4 heteroatoms. The van der Waals surface area contributed by atoms with Crippen molar-refractivity contribution in [3.63, 3.8) is 0 Å². The van der Waals surface area contributed by atoms with Gasteiger partial charge in [0.1, 0.15) is 12.1 Å². The second kappa shape index (κ2) is 4.90. The molecule has 1 aliphatic heterocycles. The molecule has 0 aromatic carbocycles. The summed E-state index contributed by atoms with van der Waals surface area (Å²) >= 11 is 0. The van der Waals surface area contributed by atoms with Crippen LogP contribution in [0.4, 0.5) is 0 Å². The summed E-state index contributed by atoms with van der Waals surface area (Å²) in [4.78, 5) is 26.4. The first kappa shape index (κ1) is 13.4. The Hall–Kier alpha value is -1.06. The number of rotatable bonds is 4. The summed E-state index contributed by atoms with van der Waals surface area (Å²) in [5, 5.41) is 2.88. The summed E-state index contributed by atoms with van der Waals surface area (Å²) in [6.45, 7) is 8.07. The number of carbonyl (C=O) groups excluding carboxylic acids is 2. The number of nitrogens with one attached hydrogen (secondary N) is 1. The first-order valence-electron chi connectivity index (χ1n) is 7.13. The van der Waals surface area contributed by atoms with Gasteiger partial charge in [-0.2, -0.15) is 0 Å². The summed E-state index contributed by atoms with van der Waals surface area (Å²) in [7, 11) is 0. The molecule has 5 atom stereocenters. The Morgan fingerprint density at radius 2 is 2.06 bits per heavy atom. The summed E-state index contributed by atoms with van der Waals surface area (Å²) < 4.78 is 0. The average molecular weight is 252 g/mol. The Labute approximate surface area is 109 Å². The summed E-state index contributed by atoms with van der Waals surface area (Å²) in [5.41, 5.74) is 0. The molecule has 18 heavy (non-hydrogen) atoms. The van der Waals surface area contributed by atoms with Crippen molar-refractivity contribution in [2.45, 2.75) is 65.1 Å². The normalized spacial score (nSPS) is 37.4. The Morgan fingerprint density at radius 3 is 2.56 bits per heavy atom. The van der Waals surface area contributed by atoms with E-state index in [1.165, 1.54) is 0 Å². The zero-order chi connectivity index (χ0) is 13.4. The van der Waals surface area contributed by atoms with Gasteiger partial charge < -0.3 is 10.2 Å². The minimum absolute atomic E-state index is 0.00153. The molecule has 1 saturated heterocycles. The van der Waals surface area contributed by atoms with Crippen LogP contribution in [0, 0.1) is 11.8 Å². The van der Waals surface area contributed by atoms with Crippen molar-refractivity contribution in [1.82, 2.24) is 10.2 Å². The fourth-order valence-corrected chi connectivity index (χ4v) is 2.90. The van der Waals surface area contributed by atoms with Crippen LogP contribution in [0.1, 0.15) is 47.0 Å². The molecule has 2 rings (SSSR count). The number of amides is 2. The van der Waals surface area contributed by atoms with Crippen LogP contribution in [-0.2, 0) is 9.59 Å². The van der Waals surface area contributed by atoms with Crippen molar-refractivity contribution in [3.05, 3.63) is 0 Å². The van der Waals surface area contributed by atoms with Crippen molar-refractivity contribution in [2.75, 3.05) is 0 Å². The number of hydrogen-bond donors (Lipinski definition) is 1. The second-order valence-corrected chi connectivity index (χ2v) is 5.76. The fourth-order valence-electron chi connectivity index (χ4n) is 2.90. The van der Waals surface area contributed by atoms with Crippen molar-refractivity contribution in [1.29, 1.82) is 0 Å². The zero-order valence-electron chi connectivity index (χ0n) is 11.8. The van der Waals surface area contributed by atoms with E-state index in [0.29, 0.717) is 12.0 Å². The number of carbonyl (C=O) groups is 2. The quantitative estimate of drug-likeness (QED) is 0.825. The lowest BCUT2D eigenvalue weighted by Gasteiger charge is -2.40. The van der Waals surface area contributed by atoms with Crippen LogP contribution in [0.15, 0.2) is 0 Å². The van der Waals surface area contributed by atoms with E-state index in [9.17, 15) is 9.59 Å². The number of hydrogen-bond acceptors (Lipinski definition) is 2. The lowest BCUT2D eigenvalue weighted by molar-refractivity contribution is -0.151. The molecule has 0 aromatic rings. The van der Waals surface area contributed by atoms with Crippen LogP contribution in [-0.4, -0.2) is 34.8 Å². The van der Waals surface area contributed by atoms with Gasteiger partial charge in [0.25, 0.3) is 0 Å². The molecule has 5 unspecified atom stereocenters. The molecule has 2 amide bonds. The van der Waals surface area contributed by atoms with E-state index in [0.717, 1.165) is 19.3 Å². The van der Waals surface area contributed by atoms with E-state index in [-0.39, 0.29) is 29.8 Å². The summed E-state index contributed by atoms with van der Waals surface area (Å²) in [6.07, 6.45) is 3.06. The van der Waals surface area contributed by atoms with Gasteiger partial charge in [0, 0.05) is 6.04 Å². The van der Waals surface area contributed by atoms with Crippen molar-refractivity contribution in [2.24, 2.45) is 11.8 Å². The highest BCUT2D eigenvalue weighted by molar-refractivity contribution is 5.97. The van der Waals surface area contributed by atoms with Gasteiger partial charge in [0.15, 0.2) is 0 Å². The van der Waals surface area contributed by atoms with Gasteiger partial charge in [-0.3, -0.25) is 9.59 Å². The van der Waals surface area contributed by atoms with E-state index in [2.05, 4.69) is 19.2 Å². The van der Waals surface area contributed by atoms with E-state index in [4.69, 9.17) is 0 Å². The third-order valence-corrected chi connectivity index (χ3v) is 4.59. The van der Waals surface area contributed by atoms with Crippen LogP contribution in [0.5, 0.6) is 0 Å². The van der Waals surface area contributed by atoms with Crippen LogP contribution >= 0.6 is 0 Å². The van der Waals surface area contributed by atoms with Gasteiger partial charge in [0.2, 0.25) is 11.8 Å². The Morgan fingerprint density at radius 1 is 1.39 bits per heavy atom. The minimum atomic E-state index is -0.322. The topological polar surface area (TPSA) is 49.4 Å². The fraction of sp³-hybridized carbons (Fsp3) is 0.857. The molecule has 0 bridgehead atoms. The highest BCUT2D eigenvalue weighted by Gasteiger charge is 2.50. The van der Waals surface area contributed by atoms with E-state index >= 15 is 0 Å². The first-order chi connectivity index (χ1) is 8.51. The van der Waals surface area contributed by atoms with Crippen molar-refractivity contribution >= 4 is 11.8 Å². The van der Waals surface area contributed by atoms with Gasteiger partial charge in [-0.15, -0.1) is 0 Å². The molecule has 1 saturated carbocycles. The molecule has 1 heterocycles. The highest BCUT2D eigenvalue weighted by Crippen LogP contribution is 2.40. The van der Waals surface area contributed by atoms with Crippen LogP contribution in [0.3, 0.4) is 0 Å². The average Bonchev–Trinajstić information content (AvgIpc) is 3.12. The predicted molar refractivity (Wildman–Crippen MR) is 69.9 cm³/mol. The maximum Gasteiger partial charge on any atom is 0.246 e. The van der Waals surface area contributed by atoms with Gasteiger partial charge in [-0.25, -0.2) is 0 Å². The molecule has 102 valence electrons. The monoisotopic (exact) mass is 252 g/mol. The van der Waals surface area contributed by atoms with Crippen LogP contribution in [0.2, 0.25) is 0 Å². The number of nitrogens with zero attached hydrogens (tertiary/aromatic N) is 1. The van der Waals surface area contributed by atoms with Crippen molar-refractivity contribution < 1.29 is 9.59 Å². The van der Waals surface area contributed by atoms with Crippen LogP contribution in [0.25, 0.3) is 0 Å². The molecule has 0 spiro atoms. The van der Waals surface area contributed by atoms with E-state index < -0.39 is 0 Å². The summed E-state index contributed by atoms with van der Waals surface area (Å²) in [6, 6.07) is -0.328. The Balaban J connectivity index is 2.16. The molecule has 0 radical (unpaired) electrons. The Kier molecular flexibility index (Phi) is 3.64. The molecule has 4 nitrogen and oxygen atoms in total. The molecule has 2 aliphatic rings. The van der Waals surface area contributed by atoms with Crippen LogP contribution < -0.4 is 5.32 Å². The highest BCUT2D eigenvalue weighted by atomic mass is 16.2. The predicted octanol–water partition coefficient (Wildman–Crippen LogP) is 1.55. The third-order valence-electron chi connectivity index (χ3n) is 4.59. The first-order valence-corrected chi connectivity index (χ1v) is 7.13. The van der Waals surface area contributed by atoms with Gasteiger partial charge in [0.05, 0.1) is 0 Å². The van der Waals surface area contributed by atoms with Gasteiger partial charge in [-0.05, 0) is 25.2 Å². The van der Waals surface area contributed by atoms with Gasteiger partial charge in [-0.1, -0.05) is 33.6 Å². The molecule has 1 N–H and O–H groups in total. The van der Waals surface area contributed by atoms with E-state index in [1.54, 1.807) is 0 Å². The lowest BCUT2D eigenvalue weighted by atomic mass is 9.94. The smallest absolute Gasteiger partial charge is 0.246 e. The molecule has 1 aliphatic carbocycles. The summed E-state index contributed by atoms with van der Waals surface area (Å²) in [5.74, 6) is 0.925. The molecular formula is C14H24N2O2. The minimum Gasteiger partial charge on any atom is -0.342 e. The maximum absolute atomic E-state index is 12.5. The Bertz CT molecular complexity index is 356. The van der Waals surface area contributed by atoms with E-state index in [1.807, 2.05) is 18.7 Å². The second-order valence-electron chi connectivity index (χ2n) is 5.76. The lowest BCUT2D eigenvalue weighted by Crippen LogP contribution is -2.64. The van der Waals surface area contributed by atoms with Gasteiger partial charge >= 0.3 is 0 Å². The zero-order valence-corrected chi connectivity index (χ0v) is 11.8.